The summed E-state index contributed by atoms with van der Waals surface area (Å²) in [7, 11) is -5.66. The number of aliphatic hydroxyl groups is 1. The van der Waals surface area contributed by atoms with E-state index in [0.717, 1.165) is 12.1 Å². The van der Waals surface area contributed by atoms with Crippen molar-refractivity contribution in [1.82, 2.24) is 0 Å². The molecule has 0 radical (unpaired) electrons. The summed E-state index contributed by atoms with van der Waals surface area (Å²) in [6.45, 7) is 1.50. The molecule has 0 bridgehead atoms. The van der Waals surface area contributed by atoms with Crippen molar-refractivity contribution in [3.05, 3.63) is 24.0 Å². The Morgan fingerprint density at radius 3 is 2.43 bits per heavy atom. The van der Waals surface area contributed by atoms with Gasteiger partial charge in [-0.2, -0.15) is 13.2 Å². The van der Waals surface area contributed by atoms with E-state index in [4.69, 9.17) is 5.11 Å². The predicted molar refractivity (Wildman–Crippen MR) is 69.0 cm³/mol. The SMILES string of the molecule is CCC(CCO)Nc1ccc(F)cc1S(=O)(=O)C(F)(F)F. The second-order valence-corrected chi connectivity index (χ2v) is 6.26. The highest BCUT2D eigenvalue weighted by Gasteiger charge is 2.48. The minimum Gasteiger partial charge on any atom is -0.396 e. The van der Waals surface area contributed by atoms with E-state index in [1.54, 1.807) is 6.92 Å². The summed E-state index contributed by atoms with van der Waals surface area (Å²) >= 11 is 0. The van der Waals surface area contributed by atoms with Crippen molar-refractivity contribution in [2.75, 3.05) is 11.9 Å². The third kappa shape index (κ3) is 4.07. The quantitative estimate of drug-likeness (QED) is 0.788. The van der Waals surface area contributed by atoms with E-state index >= 15 is 0 Å². The number of nitrogens with one attached hydrogen (secondary N) is 1. The summed E-state index contributed by atoms with van der Waals surface area (Å²) in [4.78, 5) is -1.16. The first kappa shape index (κ1) is 17.7. The van der Waals surface area contributed by atoms with Gasteiger partial charge in [-0.15, -0.1) is 0 Å². The highest BCUT2D eigenvalue weighted by molar-refractivity contribution is 7.92. The standard InChI is InChI=1S/C12H15F4NO3S/c1-2-9(5-6-18)17-10-4-3-8(13)7-11(10)21(19,20)12(14,15)16/h3-4,7,9,17-18H,2,5-6H2,1H3. The third-order valence-corrected chi connectivity index (χ3v) is 4.39. The van der Waals surface area contributed by atoms with Crippen molar-refractivity contribution < 1.29 is 31.1 Å². The van der Waals surface area contributed by atoms with E-state index in [1.165, 1.54) is 0 Å². The fourth-order valence-electron chi connectivity index (χ4n) is 1.72. The molecule has 21 heavy (non-hydrogen) atoms. The molecule has 0 saturated heterocycles. The van der Waals surface area contributed by atoms with Crippen LogP contribution >= 0.6 is 0 Å². The van der Waals surface area contributed by atoms with Crippen LogP contribution < -0.4 is 5.32 Å². The topological polar surface area (TPSA) is 66.4 Å². The predicted octanol–water partition coefficient (Wildman–Crippen LogP) is 2.69. The first-order valence-electron chi connectivity index (χ1n) is 6.11. The molecule has 1 rings (SSSR count). The molecule has 9 heteroatoms. The van der Waals surface area contributed by atoms with E-state index in [1.807, 2.05) is 0 Å². The van der Waals surface area contributed by atoms with Crippen molar-refractivity contribution in [3.8, 4) is 0 Å². The zero-order valence-electron chi connectivity index (χ0n) is 11.1. The molecule has 120 valence electrons. The van der Waals surface area contributed by atoms with Gasteiger partial charge in [0.25, 0.3) is 9.84 Å². The van der Waals surface area contributed by atoms with Gasteiger partial charge in [-0.25, -0.2) is 12.8 Å². The number of hydrogen-bond donors (Lipinski definition) is 2. The van der Waals surface area contributed by atoms with Gasteiger partial charge in [0.2, 0.25) is 0 Å². The molecule has 4 nitrogen and oxygen atoms in total. The summed E-state index contributed by atoms with van der Waals surface area (Å²) in [6.07, 6.45) is 0.669. The Morgan fingerprint density at radius 2 is 1.95 bits per heavy atom. The first-order chi connectivity index (χ1) is 9.63. The molecule has 0 spiro atoms. The number of alkyl halides is 3. The van der Waals surface area contributed by atoms with Crippen LogP contribution in [0, 0.1) is 5.82 Å². The fourth-order valence-corrected chi connectivity index (χ4v) is 2.65. The number of benzene rings is 1. The van der Waals surface area contributed by atoms with E-state index in [-0.39, 0.29) is 18.7 Å². The lowest BCUT2D eigenvalue weighted by atomic mass is 10.1. The molecule has 0 amide bonds. The highest BCUT2D eigenvalue weighted by atomic mass is 32.2. The van der Waals surface area contributed by atoms with E-state index in [0.29, 0.717) is 12.5 Å². The van der Waals surface area contributed by atoms with Gasteiger partial charge in [0.1, 0.15) is 10.7 Å². The molecule has 1 atom stereocenters. The maximum absolute atomic E-state index is 13.1. The summed E-state index contributed by atoms with van der Waals surface area (Å²) in [5.74, 6) is -1.08. The van der Waals surface area contributed by atoms with E-state index in [2.05, 4.69) is 5.32 Å². The number of aliphatic hydroxyl groups excluding tert-OH is 1. The van der Waals surface area contributed by atoms with Crippen molar-refractivity contribution in [3.63, 3.8) is 0 Å². The van der Waals surface area contributed by atoms with Crippen LogP contribution in [0.3, 0.4) is 0 Å². The molecule has 0 aliphatic heterocycles. The minimum absolute atomic E-state index is 0.214. The van der Waals surface area contributed by atoms with Crippen LogP contribution in [0.1, 0.15) is 19.8 Å². The second kappa shape index (κ2) is 6.61. The molecule has 0 heterocycles. The molecule has 0 saturated carbocycles. The van der Waals surface area contributed by atoms with Crippen molar-refractivity contribution in [2.45, 2.75) is 36.2 Å². The summed E-state index contributed by atoms with van der Waals surface area (Å²) in [5, 5.41) is 11.4. The number of rotatable bonds is 6. The largest absolute Gasteiger partial charge is 0.501 e. The Hall–Kier alpha value is -1.35. The maximum Gasteiger partial charge on any atom is 0.501 e. The number of halogens is 4. The maximum atomic E-state index is 13.1. The monoisotopic (exact) mass is 329 g/mol. The molecular formula is C12H15F4NO3S. The van der Waals surface area contributed by atoms with Crippen LogP contribution in [0.2, 0.25) is 0 Å². The lowest BCUT2D eigenvalue weighted by molar-refractivity contribution is -0.0435. The number of hydrogen-bond acceptors (Lipinski definition) is 4. The zero-order chi connectivity index (χ0) is 16.3. The Morgan fingerprint density at radius 1 is 1.33 bits per heavy atom. The van der Waals surface area contributed by atoms with Gasteiger partial charge in [0.05, 0.1) is 5.69 Å². The zero-order valence-corrected chi connectivity index (χ0v) is 11.9. The van der Waals surface area contributed by atoms with Crippen LogP contribution in [0.5, 0.6) is 0 Å². The fraction of sp³-hybridized carbons (Fsp3) is 0.500. The van der Waals surface area contributed by atoms with Crippen LogP contribution in [0.25, 0.3) is 0 Å². The Bertz CT molecular complexity index is 587. The summed E-state index contributed by atoms with van der Waals surface area (Å²) in [5.41, 5.74) is -5.86. The van der Waals surface area contributed by atoms with Gasteiger partial charge in [-0.3, -0.25) is 0 Å². The van der Waals surface area contributed by atoms with Crippen LogP contribution in [-0.4, -0.2) is 31.7 Å². The van der Waals surface area contributed by atoms with Crippen molar-refractivity contribution in [1.29, 1.82) is 0 Å². The van der Waals surface area contributed by atoms with Crippen LogP contribution in [-0.2, 0) is 9.84 Å². The molecule has 0 aliphatic rings. The number of sulfone groups is 1. The van der Waals surface area contributed by atoms with Crippen molar-refractivity contribution >= 4 is 15.5 Å². The Kier molecular flexibility index (Phi) is 5.57. The average molecular weight is 329 g/mol. The first-order valence-corrected chi connectivity index (χ1v) is 7.60. The minimum atomic E-state index is -5.66. The van der Waals surface area contributed by atoms with Gasteiger partial charge in [0.15, 0.2) is 0 Å². The van der Waals surface area contributed by atoms with Crippen LogP contribution in [0.4, 0.5) is 23.2 Å². The van der Waals surface area contributed by atoms with Gasteiger partial charge in [-0.1, -0.05) is 6.92 Å². The lowest BCUT2D eigenvalue weighted by Crippen LogP contribution is -2.26. The molecule has 1 aromatic carbocycles. The molecule has 0 aliphatic carbocycles. The van der Waals surface area contributed by atoms with Gasteiger partial charge < -0.3 is 10.4 Å². The normalized spacial score (nSPS) is 14.0. The average Bonchev–Trinajstić information content (AvgIpc) is 2.38. The molecule has 0 aromatic heterocycles. The summed E-state index contributed by atoms with van der Waals surface area (Å²) in [6, 6.07) is 1.71. The molecule has 1 unspecified atom stereocenters. The lowest BCUT2D eigenvalue weighted by Gasteiger charge is -2.20. The van der Waals surface area contributed by atoms with Gasteiger partial charge in [0, 0.05) is 12.6 Å². The van der Waals surface area contributed by atoms with Crippen LogP contribution in [0.15, 0.2) is 23.1 Å². The van der Waals surface area contributed by atoms with E-state index < -0.39 is 32.1 Å². The molecule has 1 aromatic rings. The third-order valence-electron chi connectivity index (χ3n) is 2.87. The van der Waals surface area contributed by atoms with Gasteiger partial charge >= 0.3 is 5.51 Å². The molecule has 2 N–H and O–H groups in total. The molecule has 0 fully saturated rings. The smallest absolute Gasteiger partial charge is 0.396 e. The van der Waals surface area contributed by atoms with Gasteiger partial charge in [-0.05, 0) is 31.0 Å². The van der Waals surface area contributed by atoms with Crippen molar-refractivity contribution in [2.24, 2.45) is 0 Å². The second-order valence-electron chi connectivity index (χ2n) is 4.35. The Labute approximate surface area is 119 Å². The van der Waals surface area contributed by atoms with E-state index in [9.17, 15) is 26.0 Å². The summed E-state index contributed by atoms with van der Waals surface area (Å²) < 4.78 is 73.9. The number of anilines is 1. The Balaban J connectivity index is 3.30. The molecular weight excluding hydrogens is 314 g/mol. The highest BCUT2D eigenvalue weighted by Crippen LogP contribution is 2.35.